The van der Waals surface area contributed by atoms with Gasteiger partial charge < -0.3 is 10.5 Å². The Bertz CT molecular complexity index is 581. The molecule has 0 aromatic heterocycles. The topological polar surface area (TPSA) is 81.4 Å². The van der Waals surface area contributed by atoms with Crippen LogP contribution >= 0.6 is 28.3 Å². The minimum Gasteiger partial charge on any atom is -0.495 e. The quantitative estimate of drug-likeness (QED) is 0.805. The maximum Gasteiger partial charge on any atom is 0.244 e. The van der Waals surface area contributed by atoms with Gasteiger partial charge in [-0.25, -0.2) is 17.5 Å². The Morgan fingerprint density at radius 3 is 2.45 bits per heavy atom. The van der Waals surface area contributed by atoms with Gasteiger partial charge in [0.2, 0.25) is 10.0 Å². The van der Waals surface area contributed by atoms with E-state index in [1.807, 2.05) is 0 Å². The molecule has 0 spiro atoms. The molecule has 0 amide bonds. The van der Waals surface area contributed by atoms with Crippen molar-refractivity contribution in [1.29, 1.82) is 0 Å². The van der Waals surface area contributed by atoms with Gasteiger partial charge in [0.15, 0.2) is 0 Å². The number of halogens is 3. The van der Waals surface area contributed by atoms with Crippen LogP contribution in [-0.2, 0) is 10.0 Å². The highest BCUT2D eigenvalue weighted by molar-refractivity contribution is 9.10. The highest BCUT2D eigenvalue weighted by atomic mass is 79.9. The number of methoxy groups -OCH3 is 1. The summed E-state index contributed by atoms with van der Waals surface area (Å²) in [5, 5.41) is 0. The lowest BCUT2D eigenvalue weighted by molar-refractivity contribution is 0.398. The Labute approximate surface area is 132 Å². The first-order valence-corrected chi connectivity index (χ1v) is 7.67. The molecule has 1 rings (SSSR count). The largest absolute Gasteiger partial charge is 0.495 e. The van der Waals surface area contributed by atoms with Crippen LogP contribution in [0.15, 0.2) is 21.5 Å². The molecule has 0 saturated carbocycles. The molecule has 0 aliphatic rings. The molecule has 1 aromatic rings. The third kappa shape index (κ3) is 4.56. The Kier molecular flexibility index (Phi) is 6.89. The smallest absolute Gasteiger partial charge is 0.244 e. The van der Waals surface area contributed by atoms with Crippen LogP contribution in [0.2, 0.25) is 0 Å². The van der Waals surface area contributed by atoms with E-state index in [0.29, 0.717) is 0 Å². The van der Waals surface area contributed by atoms with Crippen molar-refractivity contribution < 1.29 is 17.5 Å². The molecule has 0 heterocycles. The summed E-state index contributed by atoms with van der Waals surface area (Å²) in [6.07, 6.45) is 0. The van der Waals surface area contributed by atoms with E-state index < -0.39 is 21.4 Å². The first-order chi connectivity index (χ1) is 8.63. The monoisotopic (exact) mass is 390 g/mol. The Morgan fingerprint density at radius 1 is 1.45 bits per heavy atom. The minimum absolute atomic E-state index is 0. The fourth-order valence-corrected chi connectivity index (χ4v) is 3.25. The summed E-state index contributed by atoms with van der Waals surface area (Å²) in [4.78, 5) is -0.266. The van der Waals surface area contributed by atoms with Crippen LogP contribution in [0.4, 0.5) is 4.39 Å². The first kappa shape index (κ1) is 19.6. The molecule has 0 bridgehead atoms. The third-order valence-corrected chi connectivity index (χ3v) is 4.74. The van der Waals surface area contributed by atoms with E-state index >= 15 is 0 Å². The normalized spacial score (nSPS) is 11.9. The minimum atomic E-state index is -3.93. The third-order valence-electron chi connectivity index (χ3n) is 2.42. The molecule has 0 fully saturated rings. The van der Waals surface area contributed by atoms with E-state index in [4.69, 9.17) is 10.5 Å². The fraction of sp³-hybridized carbons (Fsp3) is 0.455. The Balaban J connectivity index is 0.00000361. The predicted molar refractivity (Wildman–Crippen MR) is 81.4 cm³/mol. The molecule has 1 aromatic carbocycles. The summed E-state index contributed by atoms with van der Waals surface area (Å²) in [5.41, 5.74) is 4.64. The van der Waals surface area contributed by atoms with Gasteiger partial charge in [-0.2, -0.15) is 0 Å². The molecule has 0 atom stereocenters. The van der Waals surface area contributed by atoms with E-state index in [0.717, 1.165) is 6.07 Å². The SMILES string of the molecule is COc1cc(Br)c(F)cc1S(=O)(=O)NC(C)(C)CN.Cl. The number of sulfonamides is 1. The zero-order valence-electron chi connectivity index (χ0n) is 11.2. The average Bonchev–Trinajstić information content (AvgIpc) is 2.30. The molecular formula is C11H17BrClFN2O3S. The highest BCUT2D eigenvalue weighted by Gasteiger charge is 2.28. The zero-order chi connectivity index (χ0) is 14.8. The lowest BCUT2D eigenvalue weighted by Crippen LogP contribution is -2.48. The van der Waals surface area contributed by atoms with Crippen LogP contribution in [0.5, 0.6) is 5.75 Å². The number of benzene rings is 1. The average molecular weight is 392 g/mol. The Morgan fingerprint density at radius 2 is 2.00 bits per heavy atom. The lowest BCUT2D eigenvalue weighted by atomic mass is 10.1. The second-order valence-electron chi connectivity index (χ2n) is 4.61. The van der Waals surface area contributed by atoms with Crippen molar-refractivity contribution in [3.8, 4) is 5.75 Å². The van der Waals surface area contributed by atoms with Crippen molar-refractivity contribution in [3.63, 3.8) is 0 Å². The predicted octanol–water partition coefficient (Wildman–Crippen LogP) is 2.03. The lowest BCUT2D eigenvalue weighted by Gasteiger charge is -2.24. The second kappa shape index (κ2) is 7.04. The summed E-state index contributed by atoms with van der Waals surface area (Å²) in [5.74, 6) is -0.639. The summed E-state index contributed by atoms with van der Waals surface area (Å²) in [6, 6.07) is 2.16. The molecule has 3 N–H and O–H groups in total. The van der Waals surface area contributed by atoms with E-state index in [9.17, 15) is 12.8 Å². The van der Waals surface area contributed by atoms with Crippen LogP contribution in [0.25, 0.3) is 0 Å². The first-order valence-electron chi connectivity index (χ1n) is 5.40. The second-order valence-corrected chi connectivity index (χ2v) is 7.12. The van der Waals surface area contributed by atoms with Gasteiger partial charge in [0, 0.05) is 12.1 Å². The van der Waals surface area contributed by atoms with Crippen molar-refractivity contribution >= 4 is 38.4 Å². The number of rotatable bonds is 5. The van der Waals surface area contributed by atoms with Gasteiger partial charge in [0.05, 0.1) is 11.6 Å². The van der Waals surface area contributed by atoms with Gasteiger partial charge in [-0.1, -0.05) is 0 Å². The maximum absolute atomic E-state index is 13.5. The van der Waals surface area contributed by atoms with E-state index in [1.165, 1.54) is 13.2 Å². The number of hydrogen-bond donors (Lipinski definition) is 2. The van der Waals surface area contributed by atoms with Gasteiger partial charge in [0.25, 0.3) is 0 Å². The fourth-order valence-electron chi connectivity index (χ4n) is 1.34. The number of ether oxygens (including phenoxy) is 1. The molecular weight excluding hydrogens is 375 g/mol. The van der Waals surface area contributed by atoms with Crippen LogP contribution in [0.3, 0.4) is 0 Å². The summed E-state index contributed by atoms with van der Waals surface area (Å²) in [7, 11) is -2.62. The number of hydrogen-bond acceptors (Lipinski definition) is 4. The Hall–Kier alpha value is -0.410. The number of nitrogens with one attached hydrogen (secondary N) is 1. The van der Waals surface area contributed by atoms with Crippen molar-refractivity contribution in [1.82, 2.24) is 4.72 Å². The zero-order valence-corrected chi connectivity index (χ0v) is 14.5. The van der Waals surface area contributed by atoms with Crippen molar-refractivity contribution in [3.05, 3.63) is 22.4 Å². The summed E-state index contributed by atoms with van der Waals surface area (Å²) >= 11 is 2.97. The van der Waals surface area contributed by atoms with Crippen molar-refractivity contribution in [2.24, 2.45) is 5.73 Å². The highest BCUT2D eigenvalue weighted by Crippen LogP contribution is 2.30. The molecule has 0 aliphatic carbocycles. The van der Waals surface area contributed by atoms with Crippen LogP contribution in [-0.4, -0.2) is 27.6 Å². The van der Waals surface area contributed by atoms with E-state index in [2.05, 4.69) is 20.7 Å². The summed E-state index contributed by atoms with van der Waals surface area (Å²) in [6.45, 7) is 3.37. The van der Waals surface area contributed by atoms with Gasteiger partial charge in [0.1, 0.15) is 16.5 Å². The van der Waals surface area contributed by atoms with Gasteiger partial charge in [-0.05, 0) is 41.9 Å². The molecule has 5 nitrogen and oxygen atoms in total. The number of nitrogens with two attached hydrogens (primary N) is 1. The molecule has 116 valence electrons. The van der Waals surface area contributed by atoms with E-state index in [-0.39, 0.29) is 34.1 Å². The van der Waals surface area contributed by atoms with Gasteiger partial charge >= 0.3 is 0 Å². The van der Waals surface area contributed by atoms with Gasteiger partial charge in [-0.15, -0.1) is 12.4 Å². The standard InChI is InChI=1S/C11H16BrFN2O3S.ClH/c1-11(2,6-14)15-19(16,17)10-5-8(13)7(12)4-9(10)18-3;/h4-5,15H,6,14H2,1-3H3;1H. The van der Waals surface area contributed by atoms with E-state index in [1.54, 1.807) is 13.8 Å². The molecule has 0 radical (unpaired) electrons. The van der Waals surface area contributed by atoms with Crippen molar-refractivity contribution in [2.45, 2.75) is 24.3 Å². The molecule has 20 heavy (non-hydrogen) atoms. The van der Waals surface area contributed by atoms with Crippen LogP contribution in [0.1, 0.15) is 13.8 Å². The molecule has 0 aliphatic heterocycles. The summed E-state index contributed by atoms with van der Waals surface area (Å²) < 4.78 is 45.5. The van der Waals surface area contributed by atoms with Gasteiger partial charge in [-0.3, -0.25) is 0 Å². The van der Waals surface area contributed by atoms with Crippen LogP contribution < -0.4 is 15.2 Å². The molecule has 0 saturated heterocycles. The maximum atomic E-state index is 13.5. The van der Waals surface area contributed by atoms with Crippen LogP contribution in [0, 0.1) is 5.82 Å². The molecule has 0 unspecified atom stereocenters. The molecule has 9 heteroatoms. The van der Waals surface area contributed by atoms with Crippen molar-refractivity contribution in [2.75, 3.05) is 13.7 Å².